The van der Waals surface area contributed by atoms with Crippen LogP contribution in [0.3, 0.4) is 0 Å². The summed E-state index contributed by atoms with van der Waals surface area (Å²) < 4.78 is 0. The van der Waals surface area contributed by atoms with Crippen molar-refractivity contribution < 1.29 is 5.11 Å². The Labute approximate surface area is 93.1 Å². The summed E-state index contributed by atoms with van der Waals surface area (Å²) in [6.07, 6.45) is 3.37. The number of rotatable bonds is 6. The summed E-state index contributed by atoms with van der Waals surface area (Å²) in [4.78, 5) is 2.07. The molecule has 0 radical (unpaired) electrons. The number of hydrogen-bond acceptors (Lipinski definition) is 2. The van der Waals surface area contributed by atoms with Crippen LogP contribution in [-0.4, -0.2) is 35.7 Å². The highest BCUT2D eigenvalue weighted by atomic mass is 35.5. The van der Waals surface area contributed by atoms with Crippen LogP contribution < -0.4 is 0 Å². The summed E-state index contributed by atoms with van der Waals surface area (Å²) in [5, 5.41) is 9.07. The van der Waals surface area contributed by atoms with Crippen molar-refractivity contribution in [2.75, 3.05) is 19.6 Å². The molecule has 13 heavy (non-hydrogen) atoms. The SMILES string of the molecule is C=CCN(CC=C)CC(C)O.Cl.Cl. The normalized spacial score (nSPS) is 11.0. The maximum Gasteiger partial charge on any atom is 0.0639 e. The zero-order valence-electron chi connectivity index (χ0n) is 7.98. The van der Waals surface area contributed by atoms with E-state index in [9.17, 15) is 0 Å². The van der Waals surface area contributed by atoms with Gasteiger partial charge in [0, 0.05) is 19.6 Å². The third kappa shape index (κ3) is 12.0. The van der Waals surface area contributed by atoms with Gasteiger partial charge in [0.2, 0.25) is 0 Å². The fourth-order valence-corrected chi connectivity index (χ4v) is 0.962. The summed E-state index contributed by atoms with van der Waals surface area (Å²) >= 11 is 0. The molecule has 1 atom stereocenters. The maximum atomic E-state index is 9.07. The van der Waals surface area contributed by atoms with Crippen molar-refractivity contribution in [1.29, 1.82) is 0 Å². The van der Waals surface area contributed by atoms with Crippen molar-refractivity contribution in [2.45, 2.75) is 13.0 Å². The van der Waals surface area contributed by atoms with E-state index in [1.54, 1.807) is 6.92 Å². The van der Waals surface area contributed by atoms with Gasteiger partial charge in [-0.3, -0.25) is 4.90 Å². The van der Waals surface area contributed by atoms with Gasteiger partial charge in [0.25, 0.3) is 0 Å². The number of nitrogens with zero attached hydrogens (tertiary/aromatic N) is 1. The van der Waals surface area contributed by atoms with E-state index in [0.29, 0.717) is 6.54 Å². The second-order valence-corrected chi connectivity index (χ2v) is 2.64. The number of aliphatic hydroxyl groups is 1. The molecule has 0 heterocycles. The van der Waals surface area contributed by atoms with Crippen LogP contribution in [0.15, 0.2) is 25.3 Å². The largest absolute Gasteiger partial charge is 0.392 e. The van der Waals surface area contributed by atoms with Crippen LogP contribution in [0.1, 0.15) is 6.92 Å². The summed E-state index contributed by atoms with van der Waals surface area (Å²) in [6, 6.07) is 0. The number of hydrogen-bond donors (Lipinski definition) is 1. The predicted octanol–water partition coefficient (Wildman–Crippen LogP) is 1.88. The van der Waals surface area contributed by atoms with Gasteiger partial charge in [-0.1, -0.05) is 12.2 Å². The molecule has 2 nitrogen and oxygen atoms in total. The molecule has 1 N–H and O–H groups in total. The van der Waals surface area contributed by atoms with Gasteiger partial charge >= 0.3 is 0 Å². The van der Waals surface area contributed by atoms with Crippen molar-refractivity contribution in [3.63, 3.8) is 0 Å². The minimum absolute atomic E-state index is 0. The van der Waals surface area contributed by atoms with Crippen LogP contribution in [-0.2, 0) is 0 Å². The Hall–Kier alpha value is -0.0200. The third-order valence-electron chi connectivity index (χ3n) is 1.30. The molecule has 0 saturated heterocycles. The Balaban J connectivity index is -0.000000500. The number of aliphatic hydroxyl groups excluding tert-OH is 1. The molecule has 0 aliphatic rings. The standard InChI is InChI=1S/C9H17NO.2ClH/c1-4-6-10(7-5-2)8-9(3)11;;/h4-5,9,11H,1-2,6-8H2,3H3;2*1H. The van der Waals surface area contributed by atoms with E-state index in [1.165, 1.54) is 0 Å². The van der Waals surface area contributed by atoms with Crippen molar-refractivity contribution in [1.82, 2.24) is 4.90 Å². The van der Waals surface area contributed by atoms with Gasteiger partial charge in [0.1, 0.15) is 0 Å². The minimum atomic E-state index is -0.283. The van der Waals surface area contributed by atoms with E-state index in [0.717, 1.165) is 13.1 Å². The second-order valence-electron chi connectivity index (χ2n) is 2.64. The van der Waals surface area contributed by atoms with Gasteiger partial charge in [0.05, 0.1) is 6.10 Å². The predicted molar refractivity (Wildman–Crippen MR) is 63.0 cm³/mol. The zero-order chi connectivity index (χ0) is 8.69. The lowest BCUT2D eigenvalue weighted by Gasteiger charge is -2.19. The molecule has 80 valence electrons. The average Bonchev–Trinajstić information content (AvgIpc) is 1.87. The quantitative estimate of drug-likeness (QED) is 0.702. The summed E-state index contributed by atoms with van der Waals surface area (Å²) in [7, 11) is 0. The third-order valence-corrected chi connectivity index (χ3v) is 1.30. The topological polar surface area (TPSA) is 23.5 Å². The van der Waals surface area contributed by atoms with E-state index >= 15 is 0 Å². The van der Waals surface area contributed by atoms with Gasteiger partial charge in [-0.05, 0) is 6.92 Å². The molecule has 0 aliphatic carbocycles. The lowest BCUT2D eigenvalue weighted by atomic mass is 10.3. The summed E-state index contributed by atoms with van der Waals surface area (Å²) in [5.74, 6) is 0. The molecule has 0 bridgehead atoms. The fourth-order valence-electron chi connectivity index (χ4n) is 0.962. The minimum Gasteiger partial charge on any atom is -0.392 e. The lowest BCUT2D eigenvalue weighted by Crippen LogP contribution is -2.31. The first-order valence-electron chi connectivity index (χ1n) is 3.83. The Kier molecular flexibility index (Phi) is 17.2. The van der Waals surface area contributed by atoms with Crippen LogP contribution in [0.25, 0.3) is 0 Å². The molecule has 0 aromatic carbocycles. The van der Waals surface area contributed by atoms with Gasteiger partial charge < -0.3 is 5.11 Å². The molecule has 0 saturated carbocycles. The molecule has 0 fully saturated rings. The monoisotopic (exact) mass is 227 g/mol. The van der Waals surface area contributed by atoms with E-state index < -0.39 is 0 Å². The van der Waals surface area contributed by atoms with Crippen molar-refractivity contribution in [3.8, 4) is 0 Å². The lowest BCUT2D eigenvalue weighted by molar-refractivity contribution is 0.140. The second kappa shape index (κ2) is 12.0. The Morgan fingerprint density at radius 2 is 1.62 bits per heavy atom. The zero-order valence-corrected chi connectivity index (χ0v) is 9.61. The molecule has 4 heteroatoms. The van der Waals surface area contributed by atoms with Crippen LogP contribution in [0.5, 0.6) is 0 Å². The highest BCUT2D eigenvalue weighted by molar-refractivity contribution is 5.85. The molecule has 0 aromatic rings. The summed E-state index contributed by atoms with van der Waals surface area (Å²) in [5.41, 5.74) is 0. The Bertz CT molecular complexity index is 119. The maximum absolute atomic E-state index is 9.07. The molecule has 0 aromatic heterocycles. The summed E-state index contributed by atoms with van der Waals surface area (Å²) in [6.45, 7) is 11.3. The van der Waals surface area contributed by atoms with Crippen molar-refractivity contribution in [3.05, 3.63) is 25.3 Å². The molecular formula is C9H19Cl2NO. The smallest absolute Gasteiger partial charge is 0.0639 e. The molecule has 0 rings (SSSR count). The van der Waals surface area contributed by atoms with Gasteiger partial charge in [0.15, 0.2) is 0 Å². The van der Waals surface area contributed by atoms with E-state index in [2.05, 4.69) is 18.1 Å². The van der Waals surface area contributed by atoms with Crippen LogP contribution in [0.4, 0.5) is 0 Å². The first-order chi connectivity index (χ1) is 5.20. The molecule has 0 aliphatic heterocycles. The van der Waals surface area contributed by atoms with Gasteiger partial charge in [-0.25, -0.2) is 0 Å². The van der Waals surface area contributed by atoms with Crippen molar-refractivity contribution >= 4 is 24.8 Å². The molecule has 0 spiro atoms. The molecule has 1 unspecified atom stereocenters. The Morgan fingerprint density at radius 1 is 1.23 bits per heavy atom. The fraction of sp³-hybridized carbons (Fsp3) is 0.556. The Morgan fingerprint density at radius 3 is 1.85 bits per heavy atom. The molecular weight excluding hydrogens is 209 g/mol. The highest BCUT2D eigenvalue weighted by Crippen LogP contribution is 1.92. The first kappa shape index (κ1) is 18.7. The van der Waals surface area contributed by atoms with E-state index in [1.807, 2.05) is 12.2 Å². The van der Waals surface area contributed by atoms with Gasteiger partial charge in [-0.15, -0.1) is 38.0 Å². The molecule has 0 amide bonds. The van der Waals surface area contributed by atoms with E-state index in [4.69, 9.17) is 5.11 Å². The van der Waals surface area contributed by atoms with Crippen LogP contribution >= 0.6 is 24.8 Å². The van der Waals surface area contributed by atoms with Crippen LogP contribution in [0, 0.1) is 0 Å². The van der Waals surface area contributed by atoms with Gasteiger partial charge in [-0.2, -0.15) is 0 Å². The van der Waals surface area contributed by atoms with E-state index in [-0.39, 0.29) is 30.9 Å². The van der Waals surface area contributed by atoms with Crippen LogP contribution in [0.2, 0.25) is 0 Å². The van der Waals surface area contributed by atoms with Crippen molar-refractivity contribution in [2.24, 2.45) is 0 Å². The average molecular weight is 228 g/mol. The number of halogens is 2. The first-order valence-corrected chi connectivity index (χ1v) is 3.83. The highest BCUT2D eigenvalue weighted by Gasteiger charge is 2.03.